The molecule has 0 fully saturated rings. The Kier molecular flexibility index (Phi) is 5.14. The lowest BCUT2D eigenvalue weighted by Gasteiger charge is -2.07. The van der Waals surface area contributed by atoms with E-state index in [0.29, 0.717) is 18.2 Å². The molecule has 0 saturated carbocycles. The van der Waals surface area contributed by atoms with Crippen molar-refractivity contribution in [2.75, 3.05) is 6.61 Å². The van der Waals surface area contributed by atoms with Crippen molar-refractivity contribution < 1.29 is 9.84 Å². The maximum Gasteiger partial charge on any atom is 0.219 e. The molecule has 0 aliphatic rings. The Morgan fingerprint density at radius 1 is 1.07 bits per heavy atom. The van der Waals surface area contributed by atoms with Crippen LogP contribution in [-0.2, 0) is 6.54 Å². The number of hydrogen-bond acceptors (Lipinski definition) is 6. The van der Waals surface area contributed by atoms with Crippen LogP contribution in [0.3, 0.4) is 0 Å². The number of benzene rings is 1. The van der Waals surface area contributed by atoms with Gasteiger partial charge in [-0.15, -0.1) is 0 Å². The Bertz CT molecular complexity index is 1010. The monoisotopic (exact) mass is 376 g/mol. The first kappa shape index (κ1) is 17.9. The van der Waals surface area contributed by atoms with Crippen molar-refractivity contribution in [2.45, 2.75) is 12.6 Å². The number of hydrogen-bond donors (Lipinski definition) is 3. The van der Waals surface area contributed by atoms with Crippen molar-refractivity contribution in [1.29, 1.82) is 0 Å². The third-order valence-electron chi connectivity index (χ3n) is 4.22. The number of nitrogens with zero attached hydrogens (tertiary/aromatic N) is 4. The standard InChI is InChI=1S/C20H20N6O2/c21-16(13-27)12-26-10-8-19(25-26)14-1-4-17(5-2-14)28-20-6-3-15(11-22-20)18-7-9-23-24-18/h1-11,16,27H,12-13,21H2,(H,23,24)/t16-/m0/s1. The molecule has 0 aliphatic heterocycles. The molecule has 0 spiro atoms. The van der Waals surface area contributed by atoms with Crippen molar-refractivity contribution in [3.63, 3.8) is 0 Å². The molecule has 1 atom stereocenters. The first-order chi connectivity index (χ1) is 13.7. The number of aromatic amines is 1. The summed E-state index contributed by atoms with van der Waals surface area (Å²) in [5.41, 5.74) is 9.39. The second kappa shape index (κ2) is 8.03. The molecule has 8 heteroatoms. The van der Waals surface area contributed by atoms with E-state index >= 15 is 0 Å². The molecule has 4 rings (SSSR count). The fraction of sp³-hybridized carbons (Fsp3) is 0.150. The number of ether oxygens (including phenoxy) is 1. The second-order valence-electron chi connectivity index (χ2n) is 6.35. The highest BCUT2D eigenvalue weighted by molar-refractivity contribution is 5.60. The summed E-state index contributed by atoms with van der Waals surface area (Å²) >= 11 is 0. The third kappa shape index (κ3) is 4.08. The van der Waals surface area contributed by atoms with Gasteiger partial charge in [-0.3, -0.25) is 9.78 Å². The average Bonchev–Trinajstić information content (AvgIpc) is 3.41. The predicted octanol–water partition coefficient (Wildman–Crippen LogP) is 2.45. The highest BCUT2D eigenvalue weighted by atomic mass is 16.5. The van der Waals surface area contributed by atoms with Crippen LogP contribution in [0.5, 0.6) is 11.6 Å². The molecule has 0 radical (unpaired) electrons. The van der Waals surface area contributed by atoms with E-state index < -0.39 is 0 Å². The number of pyridine rings is 1. The summed E-state index contributed by atoms with van der Waals surface area (Å²) in [5, 5.41) is 20.4. The Morgan fingerprint density at radius 2 is 1.89 bits per heavy atom. The summed E-state index contributed by atoms with van der Waals surface area (Å²) in [7, 11) is 0. The zero-order chi connectivity index (χ0) is 19.3. The largest absolute Gasteiger partial charge is 0.439 e. The van der Waals surface area contributed by atoms with Gasteiger partial charge in [0.05, 0.1) is 24.5 Å². The highest BCUT2D eigenvalue weighted by Gasteiger charge is 2.07. The van der Waals surface area contributed by atoms with E-state index in [1.54, 1.807) is 17.1 Å². The summed E-state index contributed by atoms with van der Waals surface area (Å²) in [6.07, 6.45) is 5.28. The van der Waals surface area contributed by atoms with E-state index in [-0.39, 0.29) is 12.6 Å². The fourth-order valence-corrected chi connectivity index (χ4v) is 2.75. The normalized spacial score (nSPS) is 12.1. The van der Waals surface area contributed by atoms with Crippen molar-refractivity contribution in [3.8, 4) is 34.1 Å². The Labute approximate surface area is 161 Å². The Hall–Kier alpha value is -3.49. The number of aliphatic hydroxyl groups excluding tert-OH is 1. The van der Waals surface area contributed by atoms with Gasteiger partial charge in [-0.25, -0.2) is 4.98 Å². The predicted molar refractivity (Wildman–Crippen MR) is 105 cm³/mol. The molecule has 1 aromatic carbocycles. The number of aromatic nitrogens is 5. The Morgan fingerprint density at radius 3 is 2.57 bits per heavy atom. The van der Waals surface area contributed by atoms with Crippen LogP contribution in [0, 0.1) is 0 Å². The summed E-state index contributed by atoms with van der Waals surface area (Å²) < 4.78 is 7.54. The molecule has 28 heavy (non-hydrogen) atoms. The minimum atomic E-state index is -0.323. The number of nitrogens with one attached hydrogen (secondary N) is 1. The van der Waals surface area contributed by atoms with E-state index in [1.807, 2.05) is 54.7 Å². The molecule has 0 saturated heterocycles. The molecule has 142 valence electrons. The molecule has 0 amide bonds. The van der Waals surface area contributed by atoms with Gasteiger partial charge in [0.25, 0.3) is 0 Å². The molecular weight excluding hydrogens is 356 g/mol. The first-order valence-electron chi connectivity index (χ1n) is 8.85. The van der Waals surface area contributed by atoms with Gasteiger partial charge in [0.1, 0.15) is 5.75 Å². The van der Waals surface area contributed by atoms with Crippen LogP contribution >= 0.6 is 0 Å². The zero-order valence-electron chi connectivity index (χ0n) is 15.1. The van der Waals surface area contributed by atoms with E-state index in [2.05, 4.69) is 20.3 Å². The lowest BCUT2D eigenvalue weighted by atomic mass is 10.1. The molecule has 4 N–H and O–H groups in total. The molecule has 0 aliphatic carbocycles. The summed E-state index contributed by atoms with van der Waals surface area (Å²) in [4.78, 5) is 4.33. The number of H-pyrrole nitrogens is 1. The molecule has 3 heterocycles. The topological polar surface area (TPSA) is 115 Å². The maximum absolute atomic E-state index is 9.05. The van der Waals surface area contributed by atoms with Gasteiger partial charge in [0.15, 0.2) is 0 Å². The number of nitrogens with two attached hydrogens (primary N) is 1. The quantitative estimate of drug-likeness (QED) is 0.456. The van der Waals surface area contributed by atoms with Crippen LogP contribution in [0.1, 0.15) is 0 Å². The summed E-state index contributed by atoms with van der Waals surface area (Å²) in [6.45, 7) is 0.399. The van der Waals surface area contributed by atoms with Gasteiger partial charge in [0.2, 0.25) is 5.88 Å². The SMILES string of the molecule is N[C@H](CO)Cn1ccc(-c2ccc(Oc3ccc(-c4ccn[nH]4)cn3)cc2)n1. The van der Waals surface area contributed by atoms with E-state index in [9.17, 15) is 0 Å². The Balaban J connectivity index is 1.42. The lowest BCUT2D eigenvalue weighted by molar-refractivity contribution is 0.251. The smallest absolute Gasteiger partial charge is 0.219 e. The van der Waals surface area contributed by atoms with E-state index in [4.69, 9.17) is 15.6 Å². The van der Waals surface area contributed by atoms with Crippen molar-refractivity contribution >= 4 is 0 Å². The fourth-order valence-electron chi connectivity index (χ4n) is 2.75. The van der Waals surface area contributed by atoms with Gasteiger partial charge in [-0.1, -0.05) is 0 Å². The van der Waals surface area contributed by atoms with Crippen LogP contribution in [0.15, 0.2) is 67.1 Å². The van der Waals surface area contributed by atoms with Crippen LogP contribution in [0.25, 0.3) is 22.5 Å². The molecular formula is C20H20N6O2. The number of aliphatic hydroxyl groups is 1. The molecule has 4 aromatic rings. The van der Waals surface area contributed by atoms with Crippen LogP contribution < -0.4 is 10.5 Å². The minimum Gasteiger partial charge on any atom is -0.439 e. The van der Waals surface area contributed by atoms with Gasteiger partial charge in [-0.05, 0) is 42.5 Å². The third-order valence-corrected chi connectivity index (χ3v) is 4.22. The minimum absolute atomic E-state index is 0.0713. The van der Waals surface area contributed by atoms with Crippen LogP contribution in [0.2, 0.25) is 0 Å². The summed E-state index contributed by atoms with van der Waals surface area (Å²) in [5.74, 6) is 1.20. The first-order valence-corrected chi connectivity index (χ1v) is 8.85. The number of rotatable bonds is 7. The van der Waals surface area contributed by atoms with E-state index in [1.165, 1.54) is 0 Å². The van der Waals surface area contributed by atoms with Crippen molar-refractivity contribution in [3.05, 3.63) is 67.1 Å². The van der Waals surface area contributed by atoms with Crippen molar-refractivity contribution in [2.24, 2.45) is 5.73 Å². The van der Waals surface area contributed by atoms with E-state index in [0.717, 1.165) is 22.5 Å². The zero-order valence-corrected chi connectivity index (χ0v) is 15.1. The summed E-state index contributed by atoms with van der Waals surface area (Å²) in [6, 6.07) is 14.8. The molecule has 0 unspecified atom stereocenters. The van der Waals surface area contributed by atoms with Gasteiger partial charge in [0, 0.05) is 41.8 Å². The van der Waals surface area contributed by atoms with Crippen LogP contribution in [-0.4, -0.2) is 42.7 Å². The second-order valence-corrected chi connectivity index (χ2v) is 6.35. The van der Waals surface area contributed by atoms with Gasteiger partial charge in [-0.2, -0.15) is 10.2 Å². The maximum atomic E-state index is 9.05. The lowest BCUT2D eigenvalue weighted by Crippen LogP contribution is -2.30. The molecule has 0 bridgehead atoms. The average molecular weight is 376 g/mol. The van der Waals surface area contributed by atoms with Gasteiger partial charge >= 0.3 is 0 Å². The highest BCUT2D eigenvalue weighted by Crippen LogP contribution is 2.25. The molecule has 3 aromatic heterocycles. The van der Waals surface area contributed by atoms with Crippen molar-refractivity contribution in [1.82, 2.24) is 25.0 Å². The van der Waals surface area contributed by atoms with Crippen LogP contribution in [0.4, 0.5) is 0 Å². The van der Waals surface area contributed by atoms with Gasteiger partial charge < -0.3 is 15.6 Å². The molecule has 8 nitrogen and oxygen atoms in total.